The van der Waals surface area contributed by atoms with E-state index in [1.165, 1.54) is 32.4 Å². The Morgan fingerprint density at radius 2 is 2.11 bits per heavy atom. The van der Waals surface area contributed by atoms with Gasteiger partial charge in [-0.1, -0.05) is 0 Å². The Bertz CT molecular complexity index is 355. The average Bonchev–Trinajstić information content (AvgIpc) is 2.35. The summed E-state index contributed by atoms with van der Waals surface area (Å²) in [5.74, 6) is 0.822. The Hall–Kier alpha value is -1.16. The van der Waals surface area contributed by atoms with Crippen LogP contribution in [0.1, 0.15) is 37.1 Å². The van der Waals surface area contributed by atoms with E-state index in [2.05, 4.69) is 15.3 Å². The molecule has 1 atom stereocenters. The lowest BCUT2D eigenvalue weighted by Crippen LogP contribution is -2.29. The number of rotatable bonds is 5. The summed E-state index contributed by atoms with van der Waals surface area (Å²) in [4.78, 5) is 8.55. The molecule has 4 nitrogen and oxygen atoms in total. The van der Waals surface area contributed by atoms with Crippen LogP contribution in [0.15, 0.2) is 6.07 Å². The second-order valence-corrected chi connectivity index (χ2v) is 5.14. The molecule has 0 aromatic carbocycles. The molecule has 0 saturated carbocycles. The zero-order chi connectivity index (χ0) is 12.8. The van der Waals surface area contributed by atoms with Crippen molar-refractivity contribution >= 4 is 0 Å². The molecular weight excluding hydrogens is 226 g/mol. The molecule has 2 heterocycles. The summed E-state index contributed by atoms with van der Waals surface area (Å²) in [6.07, 6.45) is 4.99. The number of aromatic nitrogens is 2. The number of nitrogens with zero attached hydrogens (tertiary/aromatic N) is 2. The summed E-state index contributed by atoms with van der Waals surface area (Å²) < 4.78 is 5.62. The first kappa shape index (κ1) is 13.3. The lowest BCUT2D eigenvalue weighted by Gasteiger charge is -2.22. The van der Waals surface area contributed by atoms with E-state index in [-0.39, 0.29) is 0 Å². The quantitative estimate of drug-likeness (QED) is 0.813. The molecule has 0 radical (unpaired) electrons. The van der Waals surface area contributed by atoms with Crippen LogP contribution in [-0.2, 0) is 0 Å². The van der Waals surface area contributed by atoms with Gasteiger partial charge in [0.1, 0.15) is 0 Å². The summed E-state index contributed by atoms with van der Waals surface area (Å²) in [7, 11) is 0. The van der Waals surface area contributed by atoms with Crippen molar-refractivity contribution in [3.05, 3.63) is 17.5 Å². The van der Waals surface area contributed by atoms with Crippen LogP contribution in [0.5, 0.6) is 6.01 Å². The first-order valence-corrected chi connectivity index (χ1v) is 6.90. The van der Waals surface area contributed by atoms with Gasteiger partial charge in [-0.05, 0) is 64.6 Å². The van der Waals surface area contributed by atoms with Gasteiger partial charge in [-0.3, -0.25) is 0 Å². The highest BCUT2D eigenvalue weighted by Crippen LogP contribution is 2.16. The predicted octanol–water partition coefficient (Wildman–Crippen LogP) is 2.25. The molecule has 0 bridgehead atoms. The van der Waals surface area contributed by atoms with Crippen LogP contribution in [0.2, 0.25) is 0 Å². The molecule has 1 aliphatic rings. The molecule has 1 unspecified atom stereocenters. The lowest BCUT2D eigenvalue weighted by molar-refractivity contribution is 0.259. The van der Waals surface area contributed by atoms with E-state index in [0.29, 0.717) is 6.01 Å². The standard InChI is InChI=1S/C14H23N3O/c1-11-9-12(2)17-14(16-11)18-8-4-6-13-5-3-7-15-10-13/h9,13,15H,3-8,10H2,1-2H3. The molecule has 1 aromatic heterocycles. The fourth-order valence-electron chi connectivity index (χ4n) is 2.46. The van der Waals surface area contributed by atoms with Gasteiger partial charge in [0.2, 0.25) is 0 Å². The smallest absolute Gasteiger partial charge is 0.316 e. The molecule has 1 fully saturated rings. The maximum atomic E-state index is 5.62. The second kappa shape index (κ2) is 6.69. The fraction of sp³-hybridized carbons (Fsp3) is 0.714. The average molecular weight is 249 g/mol. The number of ether oxygens (including phenoxy) is 1. The minimum absolute atomic E-state index is 0.522. The Labute approximate surface area is 109 Å². The maximum Gasteiger partial charge on any atom is 0.316 e. The summed E-state index contributed by atoms with van der Waals surface area (Å²) in [6.45, 7) is 7.01. The van der Waals surface area contributed by atoms with Crippen LogP contribution in [0.3, 0.4) is 0 Å². The largest absolute Gasteiger partial charge is 0.463 e. The van der Waals surface area contributed by atoms with Gasteiger partial charge >= 0.3 is 6.01 Å². The number of nitrogens with one attached hydrogen (secondary N) is 1. The fourth-order valence-corrected chi connectivity index (χ4v) is 2.46. The van der Waals surface area contributed by atoms with E-state index in [1.807, 2.05) is 19.9 Å². The summed E-state index contributed by atoms with van der Waals surface area (Å²) in [5, 5.41) is 3.44. The van der Waals surface area contributed by atoms with Crippen molar-refractivity contribution in [3.63, 3.8) is 0 Å². The molecule has 0 aliphatic carbocycles. The molecule has 1 aliphatic heterocycles. The maximum absolute atomic E-state index is 5.62. The molecule has 0 amide bonds. The SMILES string of the molecule is Cc1cc(C)nc(OCCCC2CCCNC2)n1. The van der Waals surface area contributed by atoms with E-state index in [1.54, 1.807) is 0 Å². The van der Waals surface area contributed by atoms with Crippen molar-refractivity contribution in [2.24, 2.45) is 5.92 Å². The Kier molecular flexibility index (Phi) is 4.93. The van der Waals surface area contributed by atoms with Crippen molar-refractivity contribution in [1.82, 2.24) is 15.3 Å². The molecular formula is C14H23N3O. The molecule has 100 valence electrons. The third kappa shape index (κ3) is 4.26. The first-order chi connectivity index (χ1) is 8.74. The topological polar surface area (TPSA) is 47.0 Å². The monoisotopic (exact) mass is 249 g/mol. The van der Waals surface area contributed by atoms with Crippen LogP contribution in [0, 0.1) is 19.8 Å². The van der Waals surface area contributed by atoms with Crippen molar-refractivity contribution < 1.29 is 4.74 Å². The summed E-state index contributed by atoms with van der Waals surface area (Å²) in [6, 6.07) is 2.48. The molecule has 1 saturated heterocycles. The van der Waals surface area contributed by atoms with Gasteiger partial charge in [0.25, 0.3) is 0 Å². The number of hydrogen-bond acceptors (Lipinski definition) is 4. The van der Waals surface area contributed by atoms with Crippen LogP contribution in [0.4, 0.5) is 0 Å². The van der Waals surface area contributed by atoms with Crippen LogP contribution in [-0.4, -0.2) is 29.7 Å². The van der Waals surface area contributed by atoms with E-state index >= 15 is 0 Å². The molecule has 0 spiro atoms. The van der Waals surface area contributed by atoms with Crippen LogP contribution >= 0.6 is 0 Å². The third-order valence-electron chi connectivity index (χ3n) is 3.35. The lowest BCUT2D eigenvalue weighted by atomic mass is 9.95. The molecule has 1 aromatic rings. The van der Waals surface area contributed by atoms with Crippen molar-refractivity contribution in [2.45, 2.75) is 39.5 Å². The van der Waals surface area contributed by atoms with Crippen molar-refractivity contribution in [2.75, 3.05) is 19.7 Å². The number of aryl methyl sites for hydroxylation is 2. The highest BCUT2D eigenvalue weighted by molar-refractivity contribution is 5.10. The van der Waals surface area contributed by atoms with Crippen molar-refractivity contribution in [3.8, 4) is 6.01 Å². The zero-order valence-electron chi connectivity index (χ0n) is 11.4. The number of hydrogen-bond donors (Lipinski definition) is 1. The van der Waals surface area contributed by atoms with Crippen LogP contribution in [0.25, 0.3) is 0 Å². The van der Waals surface area contributed by atoms with Gasteiger partial charge in [0, 0.05) is 11.4 Å². The number of piperidine rings is 1. The van der Waals surface area contributed by atoms with E-state index in [4.69, 9.17) is 4.74 Å². The Morgan fingerprint density at radius 1 is 1.33 bits per heavy atom. The minimum atomic E-state index is 0.522. The zero-order valence-corrected chi connectivity index (χ0v) is 11.4. The highest BCUT2D eigenvalue weighted by Gasteiger charge is 2.12. The van der Waals surface area contributed by atoms with Crippen LogP contribution < -0.4 is 10.1 Å². The van der Waals surface area contributed by atoms with Gasteiger partial charge < -0.3 is 10.1 Å². The van der Waals surface area contributed by atoms with E-state index in [9.17, 15) is 0 Å². The molecule has 18 heavy (non-hydrogen) atoms. The van der Waals surface area contributed by atoms with Gasteiger partial charge in [-0.2, -0.15) is 0 Å². The minimum Gasteiger partial charge on any atom is -0.463 e. The predicted molar refractivity (Wildman–Crippen MR) is 71.8 cm³/mol. The molecule has 1 N–H and O–H groups in total. The second-order valence-electron chi connectivity index (χ2n) is 5.14. The summed E-state index contributed by atoms with van der Waals surface area (Å²) in [5.41, 5.74) is 1.93. The van der Waals surface area contributed by atoms with E-state index in [0.717, 1.165) is 30.3 Å². The Balaban J connectivity index is 1.68. The normalized spacial score (nSPS) is 19.8. The van der Waals surface area contributed by atoms with Gasteiger partial charge in [0.05, 0.1) is 6.61 Å². The highest BCUT2D eigenvalue weighted by atomic mass is 16.5. The molecule has 4 heteroatoms. The van der Waals surface area contributed by atoms with Gasteiger partial charge in [-0.25, -0.2) is 9.97 Å². The Morgan fingerprint density at radius 3 is 2.78 bits per heavy atom. The summed E-state index contributed by atoms with van der Waals surface area (Å²) >= 11 is 0. The first-order valence-electron chi connectivity index (χ1n) is 6.90. The third-order valence-corrected chi connectivity index (χ3v) is 3.35. The van der Waals surface area contributed by atoms with Gasteiger partial charge in [0.15, 0.2) is 0 Å². The van der Waals surface area contributed by atoms with Gasteiger partial charge in [-0.15, -0.1) is 0 Å². The molecule has 2 rings (SSSR count). The van der Waals surface area contributed by atoms with Crippen molar-refractivity contribution in [1.29, 1.82) is 0 Å². The van der Waals surface area contributed by atoms with E-state index < -0.39 is 0 Å².